The topological polar surface area (TPSA) is 0 Å². The smallest absolute Gasteiger partial charge is 0.358 e. The standard InChI is InChI=1S/2C16H21.C2H6Si.2CH3.Zr/c2*1-10(2)13-8-14-6-12(5)7-16(14)15(9-13)11(3)4;1-3-2;;;/h2*6-11H,1-5H3;1-2H3;2*1H3;/q2*-1;;2*-1;+4. The Bertz CT molecular complexity index is 1120. The molecule has 0 heterocycles. The predicted molar refractivity (Wildman–Crippen MR) is 175 cm³/mol. The summed E-state index contributed by atoms with van der Waals surface area (Å²) in [6, 6.07) is 18.7. The molecule has 4 aromatic carbocycles. The van der Waals surface area contributed by atoms with Gasteiger partial charge in [-0.05, 0) is 23.7 Å². The first-order chi connectivity index (χ1) is 16.4. The summed E-state index contributed by atoms with van der Waals surface area (Å²) in [5, 5.41) is 5.70. The van der Waals surface area contributed by atoms with Crippen molar-refractivity contribution in [3.8, 4) is 0 Å². The number of hydrogen-bond donors (Lipinski definition) is 0. The van der Waals surface area contributed by atoms with Gasteiger partial charge in [-0.15, -0.1) is 56.9 Å². The summed E-state index contributed by atoms with van der Waals surface area (Å²) in [6.45, 7) is 26.8. The molecule has 4 aromatic rings. The predicted octanol–water partition coefficient (Wildman–Crippen LogP) is 11.9. The van der Waals surface area contributed by atoms with Crippen molar-refractivity contribution in [2.75, 3.05) is 0 Å². The maximum atomic E-state index is 2.39. The van der Waals surface area contributed by atoms with Gasteiger partial charge in [0.2, 0.25) is 0 Å². The zero-order chi connectivity index (χ0) is 26.4. The van der Waals surface area contributed by atoms with E-state index in [1.54, 1.807) is 0 Å². The van der Waals surface area contributed by atoms with E-state index in [1.165, 1.54) is 54.9 Å². The van der Waals surface area contributed by atoms with Gasteiger partial charge in [-0.1, -0.05) is 117 Å². The van der Waals surface area contributed by atoms with Gasteiger partial charge in [-0.25, -0.2) is 0 Å². The molecule has 4 rings (SSSR count). The van der Waals surface area contributed by atoms with E-state index in [0.29, 0.717) is 23.7 Å². The van der Waals surface area contributed by atoms with Gasteiger partial charge < -0.3 is 14.9 Å². The molecule has 0 fully saturated rings. The van der Waals surface area contributed by atoms with Crippen LogP contribution in [0.4, 0.5) is 0 Å². The number of rotatable bonds is 4. The van der Waals surface area contributed by atoms with Crippen molar-refractivity contribution in [1.29, 1.82) is 0 Å². The average molecular weight is 606 g/mol. The average Bonchev–Trinajstić information content (AvgIpc) is 3.33. The van der Waals surface area contributed by atoms with Gasteiger partial charge in [0.25, 0.3) is 0 Å². The minimum absolute atomic E-state index is 0. The van der Waals surface area contributed by atoms with E-state index < -0.39 is 0 Å². The van der Waals surface area contributed by atoms with E-state index >= 15 is 0 Å². The maximum Gasteiger partial charge on any atom is 4.00 e. The molecule has 0 saturated carbocycles. The largest absolute Gasteiger partial charge is 4.00 e. The molecule has 2 radical (unpaired) electrons. The molecule has 0 aromatic heterocycles. The summed E-state index contributed by atoms with van der Waals surface area (Å²) in [4.78, 5) is 0. The van der Waals surface area contributed by atoms with Crippen LogP contribution in [0.3, 0.4) is 0 Å². The molecule has 0 aliphatic carbocycles. The van der Waals surface area contributed by atoms with Crippen LogP contribution < -0.4 is 0 Å². The summed E-state index contributed by atoms with van der Waals surface area (Å²) < 4.78 is 0. The van der Waals surface area contributed by atoms with E-state index in [2.05, 4.69) is 131 Å². The molecule has 0 unspecified atom stereocenters. The molecular formula is C36H54SiZr. The first-order valence-electron chi connectivity index (χ1n) is 13.4. The molecular weight excluding hydrogens is 552 g/mol. The maximum absolute atomic E-state index is 2.39. The van der Waals surface area contributed by atoms with E-state index in [-0.39, 0.29) is 41.1 Å². The van der Waals surface area contributed by atoms with Crippen LogP contribution >= 0.6 is 0 Å². The summed E-state index contributed by atoms with van der Waals surface area (Å²) in [7, 11) is 1.08. The molecule has 0 bridgehead atoms. The Morgan fingerprint density at radius 2 is 0.816 bits per heavy atom. The van der Waals surface area contributed by atoms with Crippen molar-refractivity contribution < 1.29 is 26.2 Å². The zero-order valence-corrected chi connectivity index (χ0v) is 30.4. The van der Waals surface area contributed by atoms with E-state index in [0.717, 1.165) is 9.52 Å². The monoisotopic (exact) mass is 604 g/mol. The van der Waals surface area contributed by atoms with Gasteiger partial charge in [-0.2, -0.15) is 12.1 Å². The fourth-order valence-electron chi connectivity index (χ4n) is 4.67. The van der Waals surface area contributed by atoms with Crippen molar-refractivity contribution in [2.45, 2.75) is 106 Å². The molecule has 0 nitrogen and oxygen atoms in total. The van der Waals surface area contributed by atoms with Crippen molar-refractivity contribution in [3.05, 3.63) is 96.8 Å². The van der Waals surface area contributed by atoms with Gasteiger partial charge >= 0.3 is 26.2 Å². The molecule has 0 atom stereocenters. The van der Waals surface area contributed by atoms with Gasteiger partial charge in [0.1, 0.15) is 0 Å². The van der Waals surface area contributed by atoms with Crippen LogP contribution in [0.1, 0.15) is 112 Å². The van der Waals surface area contributed by atoms with Crippen molar-refractivity contribution in [1.82, 2.24) is 0 Å². The van der Waals surface area contributed by atoms with Crippen LogP contribution in [0.5, 0.6) is 0 Å². The fraction of sp³-hybridized carbons (Fsp3) is 0.444. The number of benzene rings is 2. The molecule has 0 amide bonds. The second kappa shape index (κ2) is 17.5. The molecule has 2 heteroatoms. The molecule has 0 N–H and O–H groups in total. The minimum Gasteiger partial charge on any atom is -0.358 e. The van der Waals surface area contributed by atoms with E-state index in [4.69, 9.17) is 0 Å². The van der Waals surface area contributed by atoms with E-state index in [1.807, 2.05) is 0 Å². The zero-order valence-electron chi connectivity index (χ0n) is 26.9. The van der Waals surface area contributed by atoms with Crippen molar-refractivity contribution >= 4 is 31.1 Å². The van der Waals surface area contributed by atoms with Crippen LogP contribution in [0.15, 0.2) is 48.5 Å². The second-order valence-corrected chi connectivity index (χ2v) is 12.4. The van der Waals surface area contributed by atoms with Gasteiger partial charge in [0, 0.05) is 9.52 Å². The van der Waals surface area contributed by atoms with Gasteiger partial charge in [0.15, 0.2) is 0 Å². The summed E-state index contributed by atoms with van der Waals surface area (Å²) in [6.07, 6.45) is 0. The number of aryl methyl sites for hydroxylation is 2. The summed E-state index contributed by atoms with van der Waals surface area (Å²) >= 11 is 0. The van der Waals surface area contributed by atoms with Crippen LogP contribution in [0.2, 0.25) is 13.1 Å². The molecule has 206 valence electrons. The van der Waals surface area contributed by atoms with Crippen molar-refractivity contribution in [2.24, 2.45) is 0 Å². The molecule has 0 spiro atoms. The third-order valence-electron chi connectivity index (χ3n) is 6.62. The van der Waals surface area contributed by atoms with Gasteiger partial charge in [-0.3, -0.25) is 0 Å². The molecule has 0 aliphatic rings. The first kappa shape index (κ1) is 38.9. The molecule has 0 saturated heterocycles. The molecule has 38 heavy (non-hydrogen) atoms. The summed E-state index contributed by atoms with van der Waals surface area (Å²) in [5.41, 5.74) is 8.66. The Kier molecular flexibility index (Phi) is 17.9. The van der Waals surface area contributed by atoms with Crippen LogP contribution in [-0.2, 0) is 26.2 Å². The fourth-order valence-corrected chi connectivity index (χ4v) is 4.67. The van der Waals surface area contributed by atoms with E-state index in [9.17, 15) is 0 Å². The van der Waals surface area contributed by atoms with Crippen LogP contribution in [-0.4, -0.2) is 9.52 Å². The van der Waals surface area contributed by atoms with Crippen LogP contribution in [0.25, 0.3) is 21.5 Å². The Morgan fingerprint density at radius 1 is 0.526 bits per heavy atom. The third-order valence-corrected chi connectivity index (χ3v) is 6.62. The SMILES string of the molecule is C[Si]C.Cc1cc2c(C(C)C)cc(C(C)C)cc2[cH-]1.Cc1cc2c(C(C)C)cc(C(C)C)cc2[cH-]1.[CH3-].[CH3-].[Zr+4]. The minimum atomic E-state index is 0. The second-order valence-electron chi connectivity index (χ2n) is 11.4. The summed E-state index contributed by atoms with van der Waals surface area (Å²) in [5.74, 6) is 2.42. The Labute approximate surface area is 258 Å². The molecule has 0 aliphatic heterocycles. The Hall–Kier alpha value is -1.24. The first-order valence-corrected chi connectivity index (χ1v) is 15.4. The Balaban J connectivity index is 0. The number of fused-ring (bicyclic) bond motifs is 2. The number of hydrogen-bond acceptors (Lipinski definition) is 0. The quantitative estimate of drug-likeness (QED) is 0.160. The van der Waals surface area contributed by atoms with Crippen LogP contribution in [0, 0.1) is 28.7 Å². The Morgan fingerprint density at radius 3 is 1.05 bits per heavy atom. The van der Waals surface area contributed by atoms with Gasteiger partial charge in [0.05, 0.1) is 0 Å². The van der Waals surface area contributed by atoms with Crippen molar-refractivity contribution in [3.63, 3.8) is 0 Å². The normalized spacial score (nSPS) is 10.5. The third kappa shape index (κ3) is 10.1.